The van der Waals surface area contributed by atoms with Crippen LogP contribution in [0.5, 0.6) is 17.2 Å². The minimum atomic E-state index is -0.341. The number of nitrogens with zero attached hydrogens (tertiary/aromatic N) is 1. The molecule has 2 amide bonds. The maximum Gasteiger partial charge on any atom is 0.278 e. The molecule has 1 aliphatic rings. The predicted molar refractivity (Wildman–Crippen MR) is 129 cm³/mol. The van der Waals surface area contributed by atoms with E-state index in [4.69, 9.17) is 14.2 Å². The average Bonchev–Trinajstić information content (AvgIpc) is 3.00. The van der Waals surface area contributed by atoms with Gasteiger partial charge in [-0.3, -0.25) is 14.5 Å². The highest BCUT2D eigenvalue weighted by Crippen LogP contribution is 2.35. The lowest BCUT2D eigenvalue weighted by atomic mass is 10.0. The van der Waals surface area contributed by atoms with Crippen molar-refractivity contribution in [1.29, 1.82) is 0 Å². The summed E-state index contributed by atoms with van der Waals surface area (Å²) < 4.78 is 17.0. The molecule has 3 rings (SSSR count). The molecule has 0 saturated heterocycles. The Balaban J connectivity index is 2.00. The average molecular weight is 453 g/mol. The van der Waals surface area contributed by atoms with E-state index in [-0.39, 0.29) is 23.6 Å². The summed E-state index contributed by atoms with van der Waals surface area (Å²) in [6.07, 6.45) is 0.720. The third kappa shape index (κ3) is 5.48. The molecule has 1 N–H and O–H groups in total. The van der Waals surface area contributed by atoms with Crippen LogP contribution in [0.25, 0.3) is 5.57 Å². The quantitative estimate of drug-likeness (QED) is 0.490. The summed E-state index contributed by atoms with van der Waals surface area (Å²) in [6, 6.07) is 12.6. The first-order valence-electron chi connectivity index (χ1n) is 11.4. The molecule has 0 fully saturated rings. The zero-order valence-corrected chi connectivity index (χ0v) is 19.9. The van der Waals surface area contributed by atoms with E-state index in [1.54, 1.807) is 30.3 Å². The van der Waals surface area contributed by atoms with Gasteiger partial charge in [-0.05, 0) is 63.9 Å². The van der Waals surface area contributed by atoms with Crippen molar-refractivity contribution in [3.8, 4) is 17.2 Å². The van der Waals surface area contributed by atoms with Crippen LogP contribution in [0.3, 0.4) is 0 Å². The van der Waals surface area contributed by atoms with Gasteiger partial charge in [-0.2, -0.15) is 0 Å². The molecule has 1 heterocycles. The van der Waals surface area contributed by atoms with Gasteiger partial charge >= 0.3 is 0 Å². The normalized spacial score (nSPS) is 13.7. The van der Waals surface area contributed by atoms with E-state index in [2.05, 4.69) is 5.32 Å². The molecule has 0 radical (unpaired) electrons. The number of hydrogen-bond donors (Lipinski definition) is 1. The molecule has 0 atom stereocenters. The molecule has 2 aromatic carbocycles. The third-order valence-electron chi connectivity index (χ3n) is 4.94. The van der Waals surface area contributed by atoms with Gasteiger partial charge < -0.3 is 19.5 Å². The maximum atomic E-state index is 13.2. The van der Waals surface area contributed by atoms with Gasteiger partial charge in [0.15, 0.2) is 11.5 Å². The minimum Gasteiger partial charge on any atom is -0.491 e. The van der Waals surface area contributed by atoms with Gasteiger partial charge in [0.1, 0.15) is 11.4 Å². The van der Waals surface area contributed by atoms with Crippen LogP contribution in [0, 0.1) is 0 Å². The standard InChI is InChI=1S/C26H32N2O5/c1-6-15-28-25(29)23(18-9-12-20(13-10-18)33-17(4)5)24(26(28)30)27-19-11-14-21(31-7-2)22(16-19)32-8-3/h9-14,16-17,27H,6-8,15H2,1-5H3. The number of hydrogen-bond acceptors (Lipinski definition) is 6. The van der Waals surface area contributed by atoms with Crippen LogP contribution in [0.4, 0.5) is 5.69 Å². The third-order valence-corrected chi connectivity index (χ3v) is 4.94. The smallest absolute Gasteiger partial charge is 0.278 e. The fourth-order valence-electron chi connectivity index (χ4n) is 3.63. The Kier molecular flexibility index (Phi) is 7.98. The highest BCUT2D eigenvalue weighted by Gasteiger charge is 2.38. The molecule has 7 nitrogen and oxygen atoms in total. The van der Waals surface area contributed by atoms with Gasteiger partial charge in [-0.25, -0.2) is 0 Å². The molecule has 7 heteroatoms. The Morgan fingerprint density at radius 1 is 0.879 bits per heavy atom. The lowest BCUT2D eigenvalue weighted by Crippen LogP contribution is -2.33. The number of anilines is 1. The highest BCUT2D eigenvalue weighted by molar-refractivity contribution is 6.36. The van der Waals surface area contributed by atoms with Gasteiger partial charge in [0, 0.05) is 18.3 Å². The Morgan fingerprint density at radius 2 is 1.55 bits per heavy atom. The van der Waals surface area contributed by atoms with Crippen molar-refractivity contribution in [3.63, 3.8) is 0 Å². The van der Waals surface area contributed by atoms with Crippen LogP contribution in [0.15, 0.2) is 48.2 Å². The van der Waals surface area contributed by atoms with E-state index in [1.807, 2.05) is 46.8 Å². The second kappa shape index (κ2) is 10.9. The zero-order chi connectivity index (χ0) is 24.0. The number of rotatable bonds is 11. The molecule has 0 aromatic heterocycles. The van der Waals surface area contributed by atoms with Crippen molar-refractivity contribution in [2.75, 3.05) is 25.1 Å². The van der Waals surface area contributed by atoms with Crippen LogP contribution in [0.2, 0.25) is 0 Å². The van der Waals surface area contributed by atoms with Crippen LogP contribution >= 0.6 is 0 Å². The summed E-state index contributed by atoms with van der Waals surface area (Å²) in [4.78, 5) is 27.7. The molecule has 0 spiro atoms. The molecule has 0 aliphatic carbocycles. The largest absolute Gasteiger partial charge is 0.491 e. The summed E-state index contributed by atoms with van der Waals surface area (Å²) in [5.74, 6) is 1.26. The Bertz CT molecular complexity index is 1030. The van der Waals surface area contributed by atoms with Crippen molar-refractivity contribution in [2.24, 2.45) is 0 Å². The molecule has 0 bridgehead atoms. The van der Waals surface area contributed by atoms with Crippen LogP contribution in [-0.4, -0.2) is 42.6 Å². The molecule has 0 saturated carbocycles. The molecular weight excluding hydrogens is 420 g/mol. The Hall–Kier alpha value is -3.48. The van der Waals surface area contributed by atoms with Crippen molar-refractivity contribution < 1.29 is 23.8 Å². The Labute approximate surface area is 195 Å². The Morgan fingerprint density at radius 3 is 2.15 bits per heavy atom. The summed E-state index contributed by atoms with van der Waals surface area (Å²) in [7, 11) is 0. The van der Waals surface area contributed by atoms with Crippen molar-refractivity contribution in [2.45, 2.75) is 47.1 Å². The van der Waals surface area contributed by atoms with Gasteiger partial charge in [0.2, 0.25) is 0 Å². The van der Waals surface area contributed by atoms with Crippen LogP contribution in [0.1, 0.15) is 46.6 Å². The first kappa shape index (κ1) is 24.2. The van der Waals surface area contributed by atoms with E-state index in [0.717, 1.165) is 0 Å². The van der Waals surface area contributed by atoms with Crippen LogP contribution in [-0.2, 0) is 9.59 Å². The molecular formula is C26H32N2O5. The first-order valence-corrected chi connectivity index (χ1v) is 11.4. The highest BCUT2D eigenvalue weighted by atomic mass is 16.5. The van der Waals surface area contributed by atoms with E-state index in [1.165, 1.54) is 4.90 Å². The summed E-state index contributed by atoms with van der Waals surface area (Å²) >= 11 is 0. The van der Waals surface area contributed by atoms with Gasteiger partial charge in [-0.15, -0.1) is 0 Å². The molecule has 33 heavy (non-hydrogen) atoms. The van der Waals surface area contributed by atoms with E-state index >= 15 is 0 Å². The predicted octanol–water partition coefficient (Wildman–Crippen LogP) is 4.87. The van der Waals surface area contributed by atoms with Crippen molar-refractivity contribution in [1.82, 2.24) is 4.90 Å². The van der Waals surface area contributed by atoms with E-state index < -0.39 is 0 Å². The number of amides is 2. The molecule has 1 aliphatic heterocycles. The van der Waals surface area contributed by atoms with Crippen molar-refractivity contribution in [3.05, 3.63) is 53.7 Å². The molecule has 2 aromatic rings. The van der Waals surface area contributed by atoms with Gasteiger partial charge in [-0.1, -0.05) is 19.1 Å². The summed E-state index contributed by atoms with van der Waals surface area (Å²) in [5.41, 5.74) is 1.88. The summed E-state index contributed by atoms with van der Waals surface area (Å²) in [5, 5.41) is 3.17. The monoisotopic (exact) mass is 452 g/mol. The van der Waals surface area contributed by atoms with Crippen molar-refractivity contribution >= 4 is 23.1 Å². The SMILES string of the molecule is CCCN1C(=O)C(Nc2ccc(OCC)c(OCC)c2)=C(c2ccc(OC(C)C)cc2)C1=O. The maximum absolute atomic E-state index is 13.2. The minimum absolute atomic E-state index is 0.0428. The van der Waals surface area contributed by atoms with Crippen LogP contribution < -0.4 is 19.5 Å². The fraction of sp³-hybridized carbons (Fsp3) is 0.385. The lowest BCUT2D eigenvalue weighted by Gasteiger charge is -2.15. The van der Waals surface area contributed by atoms with Gasteiger partial charge in [0.25, 0.3) is 11.8 Å². The topological polar surface area (TPSA) is 77.1 Å². The number of benzene rings is 2. The zero-order valence-electron chi connectivity index (χ0n) is 19.9. The lowest BCUT2D eigenvalue weighted by molar-refractivity contribution is -0.136. The first-order chi connectivity index (χ1) is 15.9. The second-order valence-electron chi connectivity index (χ2n) is 7.86. The number of nitrogens with one attached hydrogen (secondary N) is 1. The second-order valence-corrected chi connectivity index (χ2v) is 7.86. The number of carbonyl (C=O) groups excluding carboxylic acids is 2. The fourth-order valence-corrected chi connectivity index (χ4v) is 3.63. The van der Waals surface area contributed by atoms with E-state index in [0.29, 0.717) is 60.3 Å². The number of imide groups is 1. The van der Waals surface area contributed by atoms with E-state index in [9.17, 15) is 9.59 Å². The van der Waals surface area contributed by atoms with Gasteiger partial charge in [0.05, 0.1) is 24.9 Å². The molecule has 0 unspecified atom stereocenters. The number of carbonyl (C=O) groups is 2. The summed E-state index contributed by atoms with van der Waals surface area (Å²) in [6.45, 7) is 11.0. The number of ether oxygens (including phenoxy) is 3. The molecule has 176 valence electrons.